The van der Waals surface area contributed by atoms with Gasteiger partial charge in [-0.05, 0) is 36.8 Å². The zero-order chi connectivity index (χ0) is 21.6. The lowest BCUT2D eigenvalue weighted by Crippen LogP contribution is -2.30. The van der Waals surface area contributed by atoms with Gasteiger partial charge < -0.3 is 19.5 Å². The molecule has 0 aliphatic rings. The van der Waals surface area contributed by atoms with Crippen LogP contribution in [-0.2, 0) is 25.1 Å². The predicted molar refractivity (Wildman–Crippen MR) is 108 cm³/mol. The lowest BCUT2D eigenvalue weighted by molar-refractivity contribution is -0.123. The van der Waals surface area contributed by atoms with Crippen LogP contribution >= 0.6 is 0 Å². The van der Waals surface area contributed by atoms with Crippen molar-refractivity contribution in [1.82, 2.24) is 0 Å². The summed E-state index contributed by atoms with van der Waals surface area (Å²) in [6.45, 7) is 1.44. The molecule has 0 aliphatic heterocycles. The first-order chi connectivity index (χ1) is 13.6. The first-order valence-electron chi connectivity index (χ1n) is 8.63. The number of ether oxygens (including phenoxy) is 3. The van der Waals surface area contributed by atoms with Crippen LogP contribution in [0.5, 0.6) is 11.5 Å². The molecule has 0 bridgehead atoms. The zero-order valence-electron chi connectivity index (χ0n) is 16.6. The van der Waals surface area contributed by atoms with E-state index in [-0.39, 0.29) is 11.3 Å². The van der Waals surface area contributed by atoms with Gasteiger partial charge in [0.1, 0.15) is 11.5 Å². The maximum absolute atomic E-state index is 12.4. The summed E-state index contributed by atoms with van der Waals surface area (Å²) in [6, 6.07) is 10.9. The molecule has 29 heavy (non-hydrogen) atoms. The van der Waals surface area contributed by atoms with Gasteiger partial charge in [0, 0.05) is 12.3 Å². The van der Waals surface area contributed by atoms with E-state index in [0.29, 0.717) is 22.7 Å². The number of carbonyl (C=O) groups is 2. The monoisotopic (exact) mass is 421 g/mol. The SMILES string of the molecule is COc1ccc(OC)c(NC(=O)[C@H](C)OC(=O)c2ccc(CS(C)(=O)=O)cc2)c1. The maximum Gasteiger partial charge on any atom is 0.338 e. The summed E-state index contributed by atoms with van der Waals surface area (Å²) in [6.07, 6.45) is 0.0568. The van der Waals surface area contributed by atoms with Crippen LogP contribution in [0.25, 0.3) is 0 Å². The van der Waals surface area contributed by atoms with Crippen molar-refractivity contribution in [2.75, 3.05) is 25.8 Å². The van der Waals surface area contributed by atoms with Gasteiger partial charge in [-0.25, -0.2) is 13.2 Å². The van der Waals surface area contributed by atoms with Crippen LogP contribution in [0, 0.1) is 0 Å². The molecule has 1 N–H and O–H groups in total. The summed E-state index contributed by atoms with van der Waals surface area (Å²) in [5.74, 6) is -0.405. The number of esters is 1. The second kappa shape index (κ2) is 9.42. The minimum atomic E-state index is -3.17. The molecule has 156 valence electrons. The molecule has 0 saturated carbocycles. The lowest BCUT2D eigenvalue weighted by Gasteiger charge is -2.16. The standard InChI is InChI=1S/C20H23NO7S/c1-13(19(22)21-17-11-16(26-2)9-10-18(17)27-3)28-20(23)15-7-5-14(6-8-15)12-29(4,24)25/h5-11,13H,12H2,1-4H3,(H,21,22)/t13-/m0/s1. The molecule has 1 amide bonds. The van der Waals surface area contributed by atoms with Crippen molar-refractivity contribution in [1.29, 1.82) is 0 Å². The van der Waals surface area contributed by atoms with Gasteiger partial charge in [0.15, 0.2) is 15.9 Å². The molecule has 0 radical (unpaired) electrons. The number of hydrogen-bond acceptors (Lipinski definition) is 7. The van der Waals surface area contributed by atoms with Crippen molar-refractivity contribution in [2.45, 2.75) is 18.8 Å². The third-order valence-corrected chi connectivity index (χ3v) is 4.79. The summed E-state index contributed by atoms with van der Waals surface area (Å²) >= 11 is 0. The first-order valence-corrected chi connectivity index (χ1v) is 10.7. The number of nitrogens with one attached hydrogen (secondary N) is 1. The average Bonchev–Trinajstić information content (AvgIpc) is 2.67. The Morgan fingerprint density at radius 2 is 1.69 bits per heavy atom. The van der Waals surface area contributed by atoms with Gasteiger partial charge in [0.2, 0.25) is 0 Å². The quantitative estimate of drug-likeness (QED) is 0.652. The number of carbonyl (C=O) groups excluding carboxylic acids is 2. The molecule has 0 heterocycles. The highest BCUT2D eigenvalue weighted by atomic mass is 32.2. The van der Waals surface area contributed by atoms with Crippen LogP contribution in [-0.4, -0.2) is 46.9 Å². The van der Waals surface area contributed by atoms with Gasteiger partial charge in [-0.1, -0.05) is 12.1 Å². The van der Waals surface area contributed by atoms with Crippen molar-refractivity contribution >= 4 is 27.4 Å². The number of hydrogen-bond donors (Lipinski definition) is 1. The van der Waals surface area contributed by atoms with E-state index in [1.165, 1.54) is 45.4 Å². The van der Waals surface area contributed by atoms with E-state index < -0.39 is 27.8 Å². The Balaban J connectivity index is 2.03. The molecular formula is C20H23NO7S. The molecule has 0 spiro atoms. The van der Waals surface area contributed by atoms with E-state index in [1.807, 2.05) is 0 Å². The van der Waals surface area contributed by atoms with Crippen LogP contribution in [0.4, 0.5) is 5.69 Å². The van der Waals surface area contributed by atoms with Gasteiger partial charge in [-0.2, -0.15) is 0 Å². The summed E-state index contributed by atoms with van der Waals surface area (Å²) in [4.78, 5) is 24.7. The van der Waals surface area contributed by atoms with Gasteiger partial charge >= 0.3 is 5.97 Å². The Morgan fingerprint density at radius 3 is 2.24 bits per heavy atom. The molecule has 0 unspecified atom stereocenters. The van der Waals surface area contributed by atoms with Crippen LogP contribution in [0.15, 0.2) is 42.5 Å². The number of rotatable bonds is 8. The van der Waals surface area contributed by atoms with Crippen molar-refractivity contribution < 1.29 is 32.2 Å². The minimum Gasteiger partial charge on any atom is -0.497 e. The van der Waals surface area contributed by atoms with Gasteiger partial charge in [0.25, 0.3) is 5.91 Å². The largest absolute Gasteiger partial charge is 0.497 e. The molecule has 2 aromatic rings. The minimum absolute atomic E-state index is 0.122. The van der Waals surface area contributed by atoms with Crippen LogP contribution in [0.3, 0.4) is 0 Å². The number of benzene rings is 2. The molecule has 9 heteroatoms. The van der Waals surface area contributed by atoms with E-state index in [9.17, 15) is 18.0 Å². The average molecular weight is 421 g/mol. The van der Waals surface area contributed by atoms with Crippen molar-refractivity contribution in [3.05, 3.63) is 53.6 Å². The fourth-order valence-corrected chi connectivity index (χ4v) is 3.27. The Bertz CT molecular complexity index is 984. The number of sulfone groups is 1. The Morgan fingerprint density at radius 1 is 1.03 bits per heavy atom. The molecule has 8 nitrogen and oxygen atoms in total. The molecule has 2 aromatic carbocycles. The highest BCUT2D eigenvalue weighted by Gasteiger charge is 2.20. The first kappa shape index (κ1) is 22.2. The fraction of sp³-hybridized carbons (Fsp3) is 0.300. The van der Waals surface area contributed by atoms with Crippen LogP contribution in [0.1, 0.15) is 22.8 Å². The van der Waals surface area contributed by atoms with Crippen LogP contribution in [0.2, 0.25) is 0 Å². The maximum atomic E-state index is 12.4. The number of amides is 1. The zero-order valence-corrected chi connectivity index (χ0v) is 17.4. The predicted octanol–water partition coefficient (Wildman–Crippen LogP) is 2.43. The molecule has 0 aliphatic carbocycles. The van der Waals surface area contributed by atoms with Crippen molar-refractivity contribution in [3.63, 3.8) is 0 Å². The molecule has 0 aromatic heterocycles. The second-order valence-electron chi connectivity index (χ2n) is 6.37. The number of anilines is 1. The molecule has 0 saturated heterocycles. The molecular weight excluding hydrogens is 398 g/mol. The Labute approximate surface area is 169 Å². The summed E-state index contributed by atoms with van der Waals surface area (Å²) in [5.41, 5.74) is 1.14. The van der Waals surface area contributed by atoms with Gasteiger partial charge in [-0.15, -0.1) is 0 Å². The second-order valence-corrected chi connectivity index (χ2v) is 8.51. The van der Waals surface area contributed by atoms with Crippen molar-refractivity contribution in [3.8, 4) is 11.5 Å². The third-order valence-electron chi connectivity index (χ3n) is 3.94. The van der Waals surface area contributed by atoms with Crippen molar-refractivity contribution in [2.24, 2.45) is 0 Å². The van der Waals surface area contributed by atoms with Gasteiger partial charge in [-0.3, -0.25) is 4.79 Å². The normalized spacial score (nSPS) is 12.0. The molecule has 0 fully saturated rings. The highest BCUT2D eigenvalue weighted by Crippen LogP contribution is 2.29. The molecule has 2 rings (SSSR count). The van der Waals surface area contributed by atoms with Crippen LogP contribution < -0.4 is 14.8 Å². The molecule has 1 atom stereocenters. The van der Waals surface area contributed by atoms with E-state index in [4.69, 9.17) is 14.2 Å². The fourth-order valence-electron chi connectivity index (χ4n) is 2.47. The summed E-state index contributed by atoms with van der Waals surface area (Å²) in [7, 11) is -0.204. The topological polar surface area (TPSA) is 108 Å². The highest BCUT2D eigenvalue weighted by molar-refractivity contribution is 7.89. The van der Waals surface area contributed by atoms with E-state index in [2.05, 4.69) is 5.32 Å². The smallest absolute Gasteiger partial charge is 0.338 e. The van der Waals surface area contributed by atoms with E-state index in [0.717, 1.165) is 6.26 Å². The summed E-state index contributed by atoms with van der Waals surface area (Å²) < 4.78 is 38.2. The Hall–Kier alpha value is -3.07. The van der Waals surface area contributed by atoms with E-state index in [1.54, 1.807) is 18.2 Å². The summed E-state index contributed by atoms with van der Waals surface area (Å²) in [5, 5.41) is 2.64. The third kappa shape index (κ3) is 6.49. The Kier molecular flexibility index (Phi) is 7.22. The lowest BCUT2D eigenvalue weighted by atomic mass is 10.1. The van der Waals surface area contributed by atoms with Gasteiger partial charge in [0.05, 0.1) is 31.2 Å². The number of methoxy groups -OCH3 is 2. The van der Waals surface area contributed by atoms with E-state index >= 15 is 0 Å².